The molecule has 8 atom stereocenters. The molecule has 4 aliphatic rings. The van der Waals surface area contributed by atoms with Crippen molar-refractivity contribution < 1.29 is 9.90 Å². The maximum Gasteiger partial charge on any atom is 0.165 e. The summed E-state index contributed by atoms with van der Waals surface area (Å²) in [5, 5.41) is 18.9. The third-order valence-corrected chi connectivity index (χ3v) is 10.2. The second-order valence-electron chi connectivity index (χ2n) is 11.8. The molecule has 30 heavy (non-hydrogen) atoms. The first-order chi connectivity index (χ1) is 14.1. The number of nitrogens with zero attached hydrogens (tertiary/aromatic N) is 3. The Morgan fingerprint density at radius 1 is 1.10 bits per heavy atom. The molecule has 5 rings (SSSR count). The molecule has 0 spiro atoms. The van der Waals surface area contributed by atoms with Gasteiger partial charge in [-0.1, -0.05) is 13.8 Å². The fourth-order valence-corrected chi connectivity index (χ4v) is 8.60. The van der Waals surface area contributed by atoms with E-state index in [0.29, 0.717) is 23.1 Å². The first-order valence-electron chi connectivity index (χ1n) is 12.0. The Morgan fingerprint density at radius 3 is 2.60 bits per heavy atom. The van der Waals surface area contributed by atoms with Gasteiger partial charge in [-0.15, -0.1) is 5.10 Å². The van der Waals surface area contributed by atoms with Crippen molar-refractivity contribution in [3.05, 3.63) is 6.20 Å². The molecule has 0 aromatic carbocycles. The molecule has 3 N–H and O–H groups in total. The van der Waals surface area contributed by atoms with Crippen molar-refractivity contribution in [2.45, 2.75) is 90.7 Å². The molecule has 4 fully saturated rings. The van der Waals surface area contributed by atoms with Crippen molar-refractivity contribution in [1.29, 1.82) is 0 Å². The zero-order chi connectivity index (χ0) is 21.3. The van der Waals surface area contributed by atoms with E-state index in [4.69, 9.17) is 5.73 Å². The van der Waals surface area contributed by atoms with Crippen LogP contribution in [0.25, 0.3) is 0 Å². The van der Waals surface area contributed by atoms with Gasteiger partial charge in [0.15, 0.2) is 11.6 Å². The third kappa shape index (κ3) is 3.04. The Kier molecular flexibility index (Phi) is 4.63. The Labute approximate surface area is 180 Å². The Hall–Kier alpha value is -1.43. The smallest absolute Gasteiger partial charge is 0.165 e. The molecule has 0 bridgehead atoms. The van der Waals surface area contributed by atoms with E-state index in [9.17, 15) is 9.90 Å². The second kappa shape index (κ2) is 6.78. The summed E-state index contributed by atoms with van der Waals surface area (Å²) in [6.07, 6.45) is 11.7. The number of fused-ring (bicyclic) bond motifs is 5. The van der Waals surface area contributed by atoms with Crippen LogP contribution >= 0.6 is 0 Å². The molecule has 0 saturated heterocycles. The van der Waals surface area contributed by atoms with Crippen LogP contribution in [0.5, 0.6) is 0 Å². The zero-order valence-corrected chi connectivity index (χ0v) is 18.8. The molecule has 166 valence electrons. The summed E-state index contributed by atoms with van der Waals surface area (Å²) in [6.45, 7) is 7.20. The minimum absolute atomic E-state index is 0.111. The maximum atomic E-state index is 13.2. The van der Waals surface area contributed by atoms with Crippen LogP contribution in [0.3, 0.4) is 0 Å². The molecule has 4 aliphatic carbocycles. The summed E-state index contributed by atoms with van der Waals surface area (Å²) in [6, 6.07) is 0. The van der Waals surface area contributed by atoms with Crippen molar-refractivity contribution in [3.63, 3.8) is 0 Å². The molecule has 0 amide bonds. The fourth-order valence-electron chi connectivity index (χ4n) is 8.60. The second-order valence-corrected chi connectivity index (χ2v) is 11.8. The van der Waals surface area contributed by atoms with Crippen molar-refractivity contribution in [2.75, 3.05) is 5.73 Å². The van der Waals surface area contributed by atoms with Crippen LogP contribution in [0, 0.1) is 40.4 Å². The van der Waals surface area contributed by atoms with Crippen molar-refractivity contribution in [2.24, 2.45) is 40.4 Å². The molecule has 1 aromatic rings. The molecule has 1 aromatic heterocycles. The number of aromatic nitrogens is 3. The lowest BCUT2D eigenvalue weighted by atomic mass is 9.44. The summed E-state index contributed by atoms with van der Waals surface area (Å²) in [5.74, 6) is 3.57. The van der Waals surface area contributed by atoms with Crippen LogP contribution in [0.1, 0.15) is 78.6 Å². The molecule has 0 aliphatic heterocycles. The number of nitrogens with two attached hydrogens (primary N) is 1. The largest absolute Gasteiger partial charge is 0.390 e. The van der Waals surface area contributed by atoms with Crippen molar-refractivity contribution in [1.82, 2.24) is 15.0 Å². The number of aliphatic hydroxyl groups is 1. The Morgan fingerprint density at radius 2 is 1.87 bits per heavy atom. The summed E-state index contributed by atoms with van der Waals surface area (Å²) in [7, 11) is 0. The molecule has 6 heteroatoms. The van der Waals surface area contributed by atoms with Gasteiger partial charge in [0.05, 0.1) is 11.8 Å². The number of rotatable bonds is 3. The number of carbonyl (C=O) groups is 1. The van der Waals surface area contributed by atoms with Crippen LogP contribution in [0.15, 0.2) is 6.20 Å². The quantitative estimate of drug-likeness (QED) is 0.784. The van der Waals surface area contributed by atoms with Gasteiger partial charge in [-0.25, -0.2) is 0 Å². The topological polar surface area (TPSA) is 94.0 Å². The fraction of sp³-hybridized carbons (Fsp3) is 0.875. The van der Waals surface area contributed by atoms with E-state index in [1.165, 1.54) is 36.7 Å². The minimum Gasteiger partial charge on any atom is -0.390 e. The Bertz CT molecular complexity index is 835. The monoisotopic (exact) mass is 414 g/mol. The van der Waals surface area contributed by atoms with Gasteiger partial charge in [-0.3, -0.25) is 4.79 Å². The minimum atomic E-state index is -0.477. The van der Waals surface area contributed by atoms with E-state index in [1.807, 2.05) is 6.92 Å². The lowest BCUT2D eigenvalue weighted by molar-refractivity contribution is -0.151. The van der Waals surface area contributed by atoms with Crippen molar-refractivity contribution >= 4 is 11.6 Å². The first kappa shape index (κ1) is 20.5. The SMILES string of the molecule is C[C@@]1(O)CC[C@@]2(C)[C@H](CC[C@@H]3[C@@H]2CC[C@]2(C)[C@@H](C(=O)Cn4ncc(N)n4)CC[C@@H]32)C1. The van der Waals surface area contributed by atoms with Gasteiger partial charge in [-0.2, -0.15) is 9.90 Å². The summed E-state index contributed by atoms with van der Waals surface area (Å²) in [4.78, 5) is 14.7. The lowest BCUT2D eigenvalue weighted by Crippen LogP contribution is -2.55. The molecular formula is C24H38N4O2. The predicted octanol–water partition coefficient (Wildman–Crippen LogP) is 3.84. The molecule has 1 heterocycles. The van der Waals surface area contributed by atoms with Gasteiger partial charge in [0.2, 0.25) is 0 Å². The van der Waals surface area contributed by atoms with Crippen LogP contribution in [-0.4, -0.2) is 31.5 Å². The van der Waals surface area contributed by atoms with Crippen LogP contribution in [0.2, 0.25) is 0 Å². The summed E-state index contributed by atoms with van der Waals surface area (Å²) < 4.78 is 0. The highest BCUT2D eigenvalue weighted by Crippen LogP contribution is 2.68. The van der Waals surface area contributed by atoms with E-state index in [-0.39, 0.29) is 23.7 Å². The van der Waals surface area contributed by atoms with E-state index in [0.717, 1.165) is 43.9 Å². The van der Waals surface area contributed by atoms with E-state index >= 15 is 0 Å². The van der Waals surface area contributed by atoms with Crippen LogP contribution < -0.4 is 5.73 Å². The van der Waals surface area contributed by atoms with Crippen LogP contribution in [-0.2, 0) is 11.3 Å². The number of nitrogen functional groups attached to an aromatic ring is 1. The molecule has 6 nitrogen and oxygen atoms in total. The number of hydrogen-bond donors (Lipinski definition) is 2. The lowest BCUT2D eigenvalue weighted by Gasteiger charge is -2.61. The van der Waals surface area contributed by atoms with E-state index in [2.05, 4.69) is 24.0 Å². The number of ketones is 1. The van der Waals surface area contributed by atoms with Gasteiger partial charge < -0.3 is 10.8 Å². The zero-order valence-electron chi connectivity index (χ0n) is 18.8. The number of Topliss-reactive ketones (excluding diaryl/α,β-unsaturated/α-hetero) is 1. The maximum absolute atomic E-state index is 13.2. The first-order valence-corrected chi connectivity index (χ1v) is 12.0. The van der Waals surface area contributed by atoms with Gasteiger partial charge in [-0.05, 0) is 99.2 Å². The summed E-state index contributed by atoms with van der Waals surface area (Å²) in [5.41, 5.74) is 5.67. The van der Waals surface area contributed by atoms with Gasteiger partial charge >= 0.3 is 0 Å². The highest BCUT2D eigenvalue weighted by Gasteiger charge is 2.61. The molecule has 4 saturated carbocycles. The summed E-state index contributed by atoms with van der Waals surface area (Å²) >= 11 is 0. The average molecular weight is 415 g/mol. The number of anilines is 1. The van der Waals surface area contributed by atoms with E-state index in [1.54, 1.807) is 0 Å². The van der Waals surface area contributed by atoms with E-state index < -0.39 is 5.60 Å². The van der Waals surface area contributed by atoms with Crippen molar-refractivity contribution in [3.8, 4) is 0 Å². The molecular weight excluding hydrogens is 376 g/mol. The number of hydrogen-bond acceptors (Lipinski definition) is 5. The molecule has 0 unspecified atom stereocenters. The predicted molar refractivity (Wildman–Crippen MR) is 115 cm³/mol. The third-order valence-electron chi connectivity index (χ3n) is 10.2. The standard InChI is InChI=1S/C24H38N4O2/c1-22(30)10-11-23(2)15(12-22)4-5-16-17-6-7-19(24(17,3)9-8-18(16)23)20(29)14-28-26-13-21(25)27-28/h13,15-19,30H,4-12,14H2,1-3H3,(H2,25,27)/t15-,16+,17+,18+,19-,22-,23+,24+/m1/s1. The van der Waals surface area contributed by atoms with Crippen LogP contribution in [0.4, 0.5) is 5.82 Å². The Balaban J connectivity index is 1.34. The highest BCUT2D eigenvalue weighted by atomic mass is 16.3. The van der Waals surface area contributed by atoms with Gasteiger partial charge in [0.25, 0.3) is 0 Å². The van der Waals surface area contributed by atoms with Gasteiger partial charge in [0, 0.05) is 5.92 Å². The average Bonchev–Trinajstić information content (AvgIpc) is 3.24. The number of carbonyl (C=O) groups excluding carboxylic acids is 1. The van der Waals surface area contributed by atoms with Gasteiger partial charge in [0.1, 0.15) is 6.54 Å². The molecule has 0 radical (unpaired) electrons. The highest BCUT2D eigenvalue weighted by molar-refractivity contribution is 5.82. The normalized spacial score (nSPS) is 47.9.